The minimum Gasteiger partial charge on any atom is -0.373 e. The van der Waals surface area contributed by atoms with Gasteiger partial charge < -0.3 is 11.1 Å². The molecule has 1 aromatic carbocycles. The fraction of sp³-hybridized carbons (Fsp3) is 0.364. The highest BCUT2D eigenvalue weighted by Gasteiger charge is 2.18. The SMILES string of the molecule is CC(C)C(Nc1cccc(Cl)c1)C(N)=O. The maximum Gasteiger partial charge on any atom is 0.240 e. The normalized spacial score (nSPS) is 12.5. The van der Waals surface area contributed by atoms with Crippen LogP contribution in [0.4, 0.5) is 5.69 Å². The first-order valence-corrected chi connectivity index (χ1v) is 5.20. The monoisotopic (exact) mass is 226 g/mol. The highest BCUT2D eigenvalue weighted by molar-refractivity contribution is 6.30. The molecular weight excluding hydrogens is 212 g/mol. The largest absolute Gasteiger partial charge is 0.373 e. The summed E-state index contributed by atoms with van der Waals surface area (Å²) < 4.78 is 0. The molecule has 1 rings (SSSR count). The van der Waals surface area contributed by atoms with E-state index < -0.39 is 0 Å². The third kappa shape index (κ3) is 3.44. The molecule has 82 valence electrons. The number of nitrogens with two attached hydrogens (primary N) is 1. The van der Waals surface area contributed by atoms with Gasteiger partial charge in [-0.05, 0) is 24.1 Å². The van der Waals surface area contributed by atoms with Crippen LogP contribution < -0.4 is 11.1 Å². The molecule has 0 saturated heterocycles. The van der Waals surface area contributed by atoms with Crippen molar-refractivity contribution in [1.29, 1.82) is 0 Å². The first kappa shape index (κ1) is 11.9. The van der Waals surface area contributed by atoms with E-state index >= 15 is 0 Å². The van der Waals surface area contributed by atoms with Crippen molar-refractivity contribution in [2.24, 2.45) is 11.7 Å². The van der Waals surface area contributed by atoms with Gasteiger partial charge in [0.25, 0.3) is 0 Å². The number of carbonyl (C=O) groups excluding carboxylic acids is 1. The van der Waals surface area contributed by atoms with Gasteiger partial charge in [-0.1, -0.05) is 31.5 Å². The molecule has 0 spiro atoms. The molecule has 0 aliphatic carbocycles. The summed E-state index contributed by atoms with van der Waals surface area (Å²) in [5.74, 6) is -0.216. The molecule has 1 unspecified atom stereocenters. The molecule has 1 atom stereocenters. The van der Waals surface area contributed by atoms with Gasteiger partial charge in [0.15, 0.2) is 0 Å². The van der Waals surface area contributed by atoms with Crippen molar-refractivity contribution in [3.63, 3.8) is 0 Å². The molecule has 4 heteroatoms. The molecule has 15 heavy (non-hydrogen) atoms. The summed E-state index contributed by atoms with van der Waals surface area (Å²) in [7, 11) is 0. The summed E-state index contributed by atoms with van der Waals surface area (Å²) in [6.45, 7) is 3.87. The van der Waals surface area contributed by atoms with Gasteiger partial charge in [0.2, 0.25) is 5.91 Å². The molecule has 1 amide bonds. The van der Waals surface area contributed by atoms with E-state index in [4.69, 9.17) is 17.3 Å². The van der Waals surface area contributed by atoms with Crippen LogP contribution in [0.2, 0.25) is 5.02 Å². The number of primary amides is 1. The van der Waals surface area contributed by atoms with Gasteiger partial charge in [0, 0.05) is 10.7 Å². The van der Waals surface area contributed by atoms with Crippen molar-refractivity contribution < 1.29 is 4.79 Å². The van der Waals surface area contributed by atoms with Crippen LogP contribution in [-0.4, -0.2) is 11.9 Å². The summed E-state index contributed by atoms with van der Waals surface area (Å²) in [5.41, 5.74) is 6.09. The summed E-state index contributed by atoms with van der Waals surface area (Å²) >= 11 is 5.83. The first-order chi connectivity index (χ1) is 7.00. The van der Waals surface area contributed by atoms with Gasteiger partial charge in [-0.2, -0.15) is 0 Å². The Kier molecular flexibility index (Phi) is 3.97. The van der Waals surface area contributed by atoms with Crippen molar-refractivity contribution in [2.75, 3.05) is 5.32 Å². The third-order valence-corrected chi connectivity index (χ3v) is 2.36. The average molecular weight is 227 g/mol. The molecule has 0 bridgehead atoms. The fourth-order valence-electron chi connectivity index (χ4n) is 1.32. The molecule has 0 heterocycles. The Balaban J connectivity index is 2.79. The van der Waals surface area contributed by atoms with Gasteiger partial charge in [-0.25, -0.2) is 0 Å². The maximum absolute atomic E-state index is 11.2. The third-order valence-electron chi connectivity index (χ3n) is 2.12. The number of hydrogen-bond acceptors (Lipinski definition) is 2. The predicted molar refractivity (Wildman–Crippen MR) is 62.9 cm³/mol. The van der Waals surface area contributed by atoms with Crippen LogP contribution in [0.3, 0.4) is 0 Å². The van der Waals surface area contributed by atoms with Crippen molar-refractivity contribution in [3.8, 4) is 0 Å². The van der Waals surface area contributed by atoms with E-state index in [2.05, 4.69) is 5.32 Å². The molecule has 0 aliphatic heterocycles. The summed E-state index contributed by atoms with van der Waals surface area (Å²) in [5, 5.41) is 3.69. The second kappa shape index (κ2) is 5.03. The van der Waals surface area contributed by atoms with E-state index in [0.717, 1.165) is 5.69 Å². The standard InChI is InChI=1S/C11H15ClN2O/c1-7(2)10(11(13)15)14-9-5-3-4-8(12)6-9/h3-7,10,14H,1-2H3,(H2,13,15). The highest BCUT2D eigenvalue weighted by atomic mass is 35.5. The summed E-state index contributed by atoms with van der Waals surface area (Å²) in [6.07, 6.45) is 0. The van der Waals surface area contributed by atoms with E-state index in [1.165, 1.54) is 0 Å². The molecule has 0 aliphatic rings. The lowest BCUT2D eigenvalue weighted by atomic mass is 10.0. The van der Waals surface area contributed by atoms with Crippen LogP contribution in [0.5, 0.6) is 0 Å². The van der Waals surface area contributed by atoms with Crippen LogP contribution in [0.15, 0.2) is 24.3 Å². The van der Waals surface area contributed by atoms with E-state index in [-0.39, 0.29) is 17.9 Å². The van der Waals surface area contributed by atoms with E-state index in [1.54, 1.807) is 12.1 Å². The van der Waals surface area contributed by atoms with Crippen LogP contribution in [-0.2, 0) is 4.79 Å². The number of hydrogen-bond donors (Lipinski definition) is 2. The molecule has 0 radical (unpaired) electrons. The topological polar surface area (TPSA) is 55.1 Å². The molecule has 0 saturated carbocycles. The van der Waals surface area contributed by atoms with Crippen molar-refractivity contribution in [3.05, 3.63) is 29.3 Å². The molecular formula is C11H15ClN2O. The zero-order chi connectivity index (χ0) is 11.4. The Morgan fingerprint density at radius 2 is 2.13 bits per heavy atom. The fourth-order valence-corrected chi connectivity index (χ4v) is 1.51. The van der Waals surface area contributed by atoms with E-state index in [0.29, 0.717) is 5.02 Å². The molecule has 3 N–H and O–H groups in total. The van der Waals surface area contributed by atoms with Crippen molar-refractivity contribution >= 4 is 23.2 Å². The number of halogens is 1. The number of anilines is 1. The zero-order valence-corrected chi connectivity index (χ0v) is 9.58. The minimum atomic E-state index is -0.372. The predicted octanol–water partition coefficient (Wildman–Crippen LogP) is 2.26. The van der Waals surface area contributed by atoms with Crippen molar-refractivity contribution in [1.82, 2.24) is 0 Å². The number of carbonyl (C=O) groups is 1. The van der Waals surface area contributed by atoms with Crippen LogP contribution in [0.25, 0.3) is 0 Å². The Labute approximate surface area is 94.6 Å². The Hall–Kier alpha value is -1.22. The highest BCUT2D eigenvalue weighted by Crippen LogP contribution is 2.17. The maximum atomic E-state index is 11.2. The Morgan fingerprint density at radius 3 is 2.60 bits per heavy atom. The van der Waals surface area contributed by atoms with Gasteiger partial charge >= 0.3 is 0 Å². The quantitative estimate of drug-likeness (QED) is 0.828. The van der Waals surface area contributed by atoms with Crippen LogP contribution >= 0.6 is 11.6 Å². The second-order valence-corrected chi connectivity index (χ2v) is 4.22. The molecule has 3 nitrogen and oxygen atoms in total. The number of nitrogens with one attached hydrogen (secondary N) is 1. The van der Waals surface area contributed by atoms with E-state index in [9.17, 15) is 4.79 Å². The van der Waals surface area contributed by atoms with Gasteiger partial charge in [0.1, 0.15) is 6.04 Å². The van der Waals surface area contributed by atoms with Crippen LogP contribution in [0.1, 0.15) is 13.8 Å². The number of amides is 1. The Morgan fingerprint density at radius 1 is 1.47 bits per heavy atom. The van der Waals surface area contributed by atoms with Crippen molar-refractivity contribution in [2.45, 2.75) is 19.9 Å². The minimum absolute atomic E-state index is 0.140. The van der Waals surface area contributed by atoms with E-state index in [1.807, 2.05) is 26.0 Å². The average Bonchev–Trinajstić information content (AvgIpc) is 2.13. The lowest BCUT2D eigenvalue weighted by molar-refractivity contribution is -0.119. The van der Waals surface area contributed by atoms with Gasteiger partial charge in [0.05, 0.1) is 0 Å². The lowest BCUT2D eigenvalue weighted by Gasteiger charge is -2.20. The smallest absolute Gasteiger partial charge is 0.240 e. The number of rotatable bonds is 4. The Bertz CT molecular complexity index is 352. The second-order valence-electron chi connectivity index (χ2n) is 3.78. The van der Waals surface area contributed by atoms with Gasteiger partial charge in [-0.15, -0.1) is 0 Å². The first-order valence-electron chi connectivity index (χ1n) is 4.82. The van der Waals surface area contributed by atoms with Gasteiger partial charge in [-0.3, -0.25) is 4.79 Å². The molecule has 0 aromatic heterocycles. The molecule has 1 aromatic rings. The zero-order valence-electron chi connectivity index (χ0n) is 8.83. The molecule has 0 fully saturated rings. The lowest BCUT2D eigenvalue weighted by Crippen LogP contribution is -2.39. The summed E-state index contributed by atoms with van der Waals surface area (Å²) in [4.78, 5) is 11.2. The van der Waals surface area contributed by atoms with Crippen LogP contribution in [0, 0.1) is 5.92 Å². The number of benzene rings is 1. The summed E-state index contributed by atoms with van der Waals surface area (Å²) in [6, 6.07) is 6.84.